The fourth-order valence-electron chi connectivity index (χ4n) is 14.7. The lowest BCUT2D eigenvalue weighted by molar-refractivity contribution is -0.929. The van der Waals surface area contributed by atoms with Crippen molar-refractivity contribution in [1.29, 1.82) is 0 Å². The van der Waals surface area contributed by atoms with E-state index in [1.54, 1.807) is 112 Å². The van der Waals surface area contributed by atoms with Crippen molar-refractivity contribution in [2.24, 2.45) is 10.8 Å². The van der Waals surface area contributed by atoms with E-state index in [0.717, 1.165) is 80.0 Å². The molecule has 0 aliphatic carbocycles. The molecule has 1 saturated heterocycles. The summed E-state index contributed by atoms with van der Waals surface area (Å²) < 4.78 is 28.6. The molecule has 8 aromatic carbocycles. The number of aromatic hydroxyl groups is 3. The molecule has 138 heavy (non-hydrogen) atoms. The number of guanidine groups is 1. The van der Waals surface area contributed by atoms with Crippen molar-refractivity contribution < 1.29 is 110 Å². The molecule has 0 radical (unpaired) electrons. The van der Waals surface area contributed by atoms with Crippen LogP contribution in [0.5, 0.6) is 40.2 Å². The van der Waals surface area contributed by atoms with Crippen molar-refractivity contribution in [3.8, 4) is 40.2 Å². The van der Waals surface area contributed by atoms with Crippen LogP contribution in [-0.2, 0) is 49.6 Å². The molecule has 25 nitrogen and oxygen atoms in total. The maximum Gasteiger partial charge on any atom is 0.350 e. The number of hydrogen-bond donors (Lipinski definition) is 11. The molecule has 1 aliphatic rings. The summed E-state index contributed by atoms with van der Waals surface area (Å²) >= 11 is 12.2. The van der Waals surface area contributed by atoms with E-state index >= 15 is 0 Å². The zero-order valence-corrected chi connectivity index (χ0v) is 93.7. The average molecular weight is 1970 g/mol. The second-order valence-corrected chi connectivity index (χ2v) is 48.5. The number of methoxy groups -OCH3 is 2. The number of halogens is 2. The topological polar surface area (TPSA) is 280 Å². The number of rotatable bonds is 26. The summed E-state index contributed by atoms with van der Waals surface area (Å²) in [6.45, 7) is 38.8. The predicted octanol–water partition coefficient (Wildman–Crippen LogP) is 16.7. The van der Waals surface area contributed by atoms with Crippen molar-refractivity contribution in [2.75, 3.05) is 209 Å². The molecular formula is C111H182Cl2N10O15+8. The number of esters is 2. The lowest BCUT2D eigenvalue weighted by Gasteiger charge is -2.50. The van der Waals surface area contributed by atoms with Gasteiger partial charge in [-0.05, 0) is 225 Å². The standard InChI is InChI=1S/C21H34NO4.C16H28NO3.2C14H24NO.C12H19NO3.C12H19NO2.C12H20NO.C10H11Cl2N3/c1-20(2,3)18(23)25-16-11-10-15(12-13-22(7,8)9)14-17(16)26-19(24)21(4,5)6;1-15(2,17(4,5)6)16(3,18)13-11-12(19-7)9-10-14(13)20-8;2*1-13(2,15(4,5)6)14(3,16)12-10-8-7-9-11-12;1-12(16,8-13(2,3)4)9-5-6-10(14)11(15)7-9;1-12(15,9-13(2,3)4)10-5-7-11(14)8-6-10;1-12(14,10-13(2,3)4)11-8-6-5-7-9-11;1-15(10-13-5-6-14-10)9-7(11)3-2-4-8(9)12/h10-11,14H,12-13H2,1-9H3;9-11,18H,1-8H3;2*7-11,16H,1-6H3;5-7,16H,8H2,1-4H3,(H-,14,15);5-8,15H,9H2,1-4H3;5-9,14H,10H2,1-4H3;2-4H,5-6H2,1H3,(H,13,14)/q4*+1;;;+1;/p+3. The Labute approximate surface area is 840 Å². The van der Waals surface area contributed by atoms with Gasteiger partial charge < -0.3 is 96.3 Å². The summed E-state index contributed by atoms with van der Waals surface area (Å²) in [5.74, 6) is 1.97. The van der Waals surface area contributed by atoms with Crippen molar-refractivity contribution in [3.05, 3.63) is 237 Å². The van der Waals surface area contributed by atoms with E-state index in [2.05, 4.69) is 144 Å². The molecule has 1 heterocycles. The molecule has 0 bridgehead atoms. The minimum absolute atomic E-state index is 0.176. The van der Waals surface area contributed by atoms with Crippen LogP contribution < -0.4 is 29.6 Å². The molecule has 27 heteroatoms. The van der Waals surface area contributed by atoms with E-state index in [4.69, 9.17) is 47.3 Å². The molecule has 1 fully saturated rings. The normalized spacial score (nSPS) is 15.4. The fourth-order valence-corrected chi connectivity index (χ4v) is 15.3. The summed E-state index contributed by atoms with van der Waals surface area (Å²) in [7, 11) is 48.7. The minimum Gasteiger partial charge on any atom is -0.508 e. The number of ether oxygens (including phenoxy) is 4. The number of nitrogens with zero attached hydrogens (tertiary/aromatic N) is 8. The van der Waals surface area contributed by atoms with E-state index in [1.807, 2.05) is 229 Å². The highest BCUT2D eigenvalue weighted by Crippen LogP contribution is 2.46. The molecule has 9 rings (SSSR count). The molecule has 0 amide bonds. The highest BCUT2D eigenvalue weighted by Gasteiger charge is 2.54. The molecule has 0 aromatic heterocycles. The largest absolute Gasteiger partial charge is 0.508 e. The number of aliphatic hydroxyl groups is 6. The predicted molar refractivity (Wildman–Crippen MR) is 566 cm³/mol. The van der Waals surface area contributed by atoms with Gasteiger partial charge in [0, 0.05) is 12.0 Å². The maximum atomic E-state index is 12.3. The molecule has 1 aliphatic heterocycles. The lowest BCUT2D eigenvalue weighted by Crippen LogP contribution is -2.63. The Bertz CT molecular complexity index is 5050. The van der Waals surface area contributed by atoms with Gasteiger partial charge in [-0.2, -0.15) is 0 Å². The number of likely N-dealkylation sites (N-methyl/N-ethyl adjacent to an activating group) is 7. The number of hydrogen-bond acceptors (Lipinski definition) is 15. The van der Waals surface area contributed by atoms with Crippen LogP contribution in [0.4, 0.5) is 5.69 Å². The average Bonchev–Trinajstić information content (AvgIpc) is 0.784. The van der Waals surface area contributed by atoms with Crippen LogP contribution in [0.15, 0.2) is 188 Å². The van der Waals surface area contributed by atoms with Crippen molar-refractivity contribution >= 4 is 46.8 Å². The van der Waals surface area contributed by atoms with Gasteiger partial charge in [0.25, 0.3) is 0 Å². The van der Waals surface area contributed by atoms with Crippen LogP contribution in [0.2, 0.25) is 10.0 Å². The lowest BCUT2D eigenvalue weighted by atomic mass is 9.76. The van der Waals surface area contributed by atoms with Crippen molar-refractivity contribution in [3.63, 3.8) is 0 Å². The first-order valence-corrected chi connectivity index (χ1v) is 47.7. The number of benzene rings is 8. The van der Waals surface area contributed by atoms with E-state index in [-0.39, 0.29) is 46.0 Å². The highest BCUT2D eigenvalue weighted by atomic mass is 35.5. The Hall–Kier alpha value is -8.97. The van der Waals surface area contributed by atoms with Gasteiger partial charge in [0.15, 0.2) is 23.0 Å². The van der Waals surface area contributed by atoms with Gasteiger partial charge in [-0.3, -0.25) is 20.2 Å². The molecule has 0 spiro atoms. The second-order valence-electron chi connectivity index (χ2n) is 47.7. The number of quaternary nitrogens is 7. The SMILES string of the molecule is CC(C)(C)C(=O)Oc1ccc(CC[N+](C)(C)C)cc1OC(=O)C(C)(C)C.CC(O)(C[N+](C)(C)C)c1ccc(O)c(O)c1.CC(O)(C[N+](C)(C)C)c1ccc(O)cc1.CC(O)(C[N+](C)(C)C)c1ccccc1.CC(O)(c1ccccc1)C(C)(C)[N+](C)(C)C.CC(O)(c1ccccc1)C(C)(C)[N+](C)(C)C.COc1ccc(OC)c(C(C)(O)C(C)(C)[N+](C)(C)C)c1.C[N+](=C1NCCN1)c1c(Cl)cccc1Cl. The summed E-state index contributed by atoms with van der Waals surface area (Å²) in [5, 5.41) is 99.4. The zero-order chi connectivity index (χ0) is 107. The fraction of sp³-hybridized carbons (Fsp3) is 0.541. The van der Waals surface area contributed by atoms with Crippen LogP contribution in [-0.4, -0.2) is 325 Å². The Morgan fingerprint density at radius 3 is 1.04 bits per heavy atom. The summed E-state index contributed by atoms with van der Waals surface area (Å²) in [6.07, 6.45) is 0.830. The van der Waals surface area contributed by atoms with E-state index in [1.165, 1.54) is 12.1 Å². The number of phenolic OH excluding ortho intramolecular Hbond substituents is 3. The van der Waals surface area contributed by atoms with Gasteiger partial charge in [0.1, 0.15) is 92.8 Å². The quantitative estimate of drug-likeness (QED) is 0.00790. The van der Waals surface area contributed by atoms with E-state index in [9.17, 15) is 50.4 Å². The van der Waals surface area contributed by atoms with Crippen LogP contribution in [0.25, 0.3) is 0 Å². The number of phenols is 3. The number of para-hydroxylation sites is 1. The Balaban J connectivity index is 0.000000537. The third-order valence-corrected chi connectivity index (χ3v) is 26.7. The maximum absolute atomic E-state index is 12.3. The molecule has 11 N–H and O–H groups in total. The van der Waals surface area contributed by atoms with Crippen LogP contribution in [0.1, 0.15) is 164 Å². The summed E-state index contributed by atoms with van der Waals surface area (Å²) in [6, 6.07) is 57.1. The molecule has 0 saturated carbocycles. The summed E-state index contributed by atoms with van der Waals surface area (Å²) in [5.41, 5.74) is -0.787. The zero-order valence-electron chi connectivity index (χ0n) is 92.2. The third-order valence-electron chi connectivity index (χ3n) is 26.1. The molecule has 772 valence electrons. The number of carbonyl (C=O) groups excluding carboxylic acids is 2. The molecular weight excluding hydrogens is 1780 g/mol. The Morgan fingerprint density at radius 1 is 0.362 bits per heavy atom. The molecule has 8 aromatic rings. The monoisotopic (exact) mass is 1970 g/mol. The first-order chi connectivity index (χ1) is 62.1. The van der Waals surface area contributed by atoms with Gasteiger partial charge in [-0.15, -0.1) is 0 Å². The van der Waals surface area contributed by atoms with Gasteiger partial charge in [0.05, 0.1) is 210 Å². The van der Waals surface area contributed by atoms with Crippen LogP contribution in [0.3, 0.4) is 0 Å². The van der Waals surface area contributed by atoms with Gasteiger partial charge in [-0.25, -0.2) is 4.58 Å². The first-order valence-electron chi connectivity index (χ1n) is 46.9. The smallest absolute Gasteiger partial charge is 0.350 e. The van der Waals surface area contributed by atoms with Crippen molar-refractivity contribution in [2.45, 2.75) is 181 Å². The minimum atomic E-state index is -1.08. The van der Waals surface area contributed by atoms with Crippen LogP contribution >= 0.6 is 23.2 Å². The van der Waals surface area contributed by atoms with E-state index < -0.39 is 50.0 Å². The number of carbonyl (C=O) groups is 2. The van der Waals surface area contributed by atoms with Gasteiger partial charge >= 0.3 is 17.9 Å². The Morgan fingerprint density at radius 2 is 0.703 bits per heavy atom. The Kier molecular flexibility index (Phi) is 44.1. The third kappa shape index (κ3) is 37.8. The van der Waals surface area contributed by atoms with Gasteiger partial charge in [-0.1, -0.05) is 145 Å². The summed E-state index contributed by atoms with van der Waals surface area (Å²) in [4.78, 5) is 24.6. The van der Waals surface area contributed by atoms with Gasteiger partial charge in [0.2, 0.25) is 0 Å². The van der Waals surface area contributed by atoms with Crippen molar-refractivity contribution in [1.82, 2.24) is 10.6 Å². The van der Waals surface area contributed by atoms with Crippen LogP contribution in [0, 0.1) is 10.8 Å². The number of nitrogens with one attached hydrogen (secondary N) is 2. The first kappa shape index (κ1) is 125. The second kappa shape index (κ2) is 48.7. The highest BCUT2D eigenvalue weighted by molar-refractivity contribution is 6.38. The molecule has 6 atom stereocenters. The van der Waals surface area contributed by atoms with E-state index in [0.29, 0.717) is 74.9 Å². The molecule has 6 unspecified atom stereocenters.